The van der Waals surface area contributed by atoms with Crippen molar-refractivity contribution in [1.82, 2.24) is 5.32 Å². The molecule has 0 spiro atoms. The van der Waals surface area contributed by atoms with Gasteiger partial charge in [-0.05, 0) is 29.6 Å². The van der Waals surface area contributed by atoms with Crippen LogP contribution in [-0.4, -0.2) is 11.1 Å². The van der Waals surface area contributed by atoms with Crippen molar-refractivity contribution >= 4 is 40.5 Å². The third-order valence-electron chi connectivity index (χ3n) is 2.58. The molecule has 19 heavy (non-hydrogen) atoms. The van der Waals surface area contributed by atoms with E-state index < -0.39 is 12.0 Å². The van der Waals surface area contributed by atoms with Crippen LogP contribution in [-0.2, 0) is 11.3 Å². The third-order valence-corrected chi connectivity index (χ3v) is 4.03. The molecule has 0 fully saturated rings. The molecule has 0 aliphatic carbocycles. The predicted octanol–water partition coefficient (Wildman–Crippen LogP) is 3.97. The van der Waals surface area contributed by atoms with Gasteiger partial charge in [0.1, 0.15) is 6.04 Å². The van der Waals surface area contributed by atoms with Crippen LogP contribution in [0.4, 0.5) is 0 Å². The van der Waals surface area contributed by atoms with Crippen LogP contribution in [0.5, 0.6) is 0 Å². The van der Waals surface area contributed by atoms with Crippen molar-refractivity contribution in [2.75, 3.05) is 0 Å². The highest BCUT2D eigenvalue weighted by Crippen LogP contribution is 2.27. The van der Waals surface area contributed by atoms with E-state index in [1.165, 1.54) is 0 Å². The zero-order valence-corrected chi connectivity index (χ0v) is 12.1. The number of hydrogen-bond donors (Lipinski definition) is 2. The molecule has 0 aliphatic heterocycles. The summed E-state index contributed by atoms with van der Waals surface area (Å²) in [4.78, 5) is 12.4. The van der Waals surface area contributed by atoms with Crippen molar-refractivity contribution in [1.29, 1.82) is 0 Å². The number of carbonyl (C=O) groups is 1. The Labute approximate surface area is 124 Å². The summed E-state index contributed by atoms with van der Waals surface area (Å²) in [6.07, 6.45) is 0. The Hall–Kier alpha value is -1.07. The van der Waals surface area contributed by atoms with Gasteiger partial charge in [0.05, 0.1) is 0 Å². The highest BCUT2D eigenvalue weighted by Gasteiger charge is 2.22. The normalized spacial score (nSPS) is 12.3. The maximum atomic E-state index is 11.4. The predicted molar refractivity (Wildman–Crippen MR) is 78.0 cm³/mol. The first-order valence-corrected chi connectivity index (χ1v) is 7.15. The molecular weight excluding hydrogens is 305 g/mol. The fourth-order valence-electron chi connectivity index (χ4n) is 1.68. The van der Waals surface area contributed by atoms with E-state index in [2.05, 4.69) is 5.32 Å². The molecule has 1 heterocycles. The van der Waals surface area contributed by atoms with Crippen LogP contribution >= 0.6 is 34.5 Å². The molecule has 1 unspecified atom stereocenters. The summed E-state index contributed by atoms with van der Waals surface area (Å²) in [5, 5.41) is 15.1. The number of thiophene rings is 1. The minimum Gasteiger partial charge on any atom is -0.480 e. The second kappa shape index (κ2) is 6.39. The zero-order valence-electron chi connectivity index (χ0n) is 9.77. The van der Waals surface area contributed by atoms with Crippen molar-refractivity contribution < 1.29 is 9.90 Å². The Balaban J connectivity index is 2.20. The van der Waals surface area contributed by atoms with Crippen molar-refractivity contribution in [3.63, 3.8) is 0 Å². The van der Waals surface area contributed by atoms with Gasteiger partial charge in [-0.25, -0.2) is 0 Å². The van der Waals surface area contributed by atoms with Gasteiger partial charge in [-0.15, -0.1) is 11.3 Å². The molecular formula is C13H11Cl2NO2S. The topological polar surface area (TPSA) is 49.3 Å². The molecule has 2 N–H and O–H groups in total. The molecule has 0 radical (unpaired) electrons. The van der Waals surface area contributed by atoms with Gasteiger partial charge >= 0.3 is 5.97 Å². The van der Waals surface area contributed by atoms with Crippen LogP contribution in [0.1, 0.15) is 16.5 Å². The maximum Gasteiger partial charge on any atom is 0.325 e. The summed E-state index contributed by atoms with van der Waals surface area (Å²) >= 11 is 13.5. The monoisotopic (exact) mass is 315 g/mol. The largest absolute Gasteiger partial charge is 0.480 e. The molecule has 0 saturated heterocycles. The lowest BCUT2D eigenvalue weighted by atomic mass is 10.1. The van der Waals surface area contributed by atoms with Gasteiger partial charge in [0, 0.05) is 27.0 Å². The summed E-state index contributed by atoms with van der Waals surface area (Å²) in [6, 6.07) is 7.78. The summed E-state index contributed by atoms with van der Waals surface area (Å²) in [5.74, 6) is -0.985. The van der Waals surface area contributed by atoms with E-state index in [0.717, 1.165) is 4.88 Å². The zero-order chi connectivity index (χ0) is 13.8. The minimum absolute atomic E-state index is 0.385. The average Bonchev–Trinajstić information content (AvgIpc) is 2.86. The molecule has 3 nitrogen and oxygen atoms in total. The number of halogens is 2. The van der Waals surface area contributed by atoms with Gasteiger partial charge < -0.3 is 5.11 Å². The summed E-state index contributed by atoms with van der Waals surface area (Å²) < 4.78 is 0. The number of hydrogen-bond acceptors (Lipinski definition) is 3. The second-order valence-corrected chi connectivity index (χ2v) is 5.77. The van der Waals surface area contributed by atoms with Crippen molar-refractivity contribution in [2.45, 2.75) is 12.6 Å². The van der Waals surface area contributed by atoms with Gasteiger partial charge in [-0.2, -0.15) is 0 Å². The quantitative estimate of drug-likeness (QED) is 0.877. The lowest BCUT2D eigenvalue weighted by Crippen LogP contribution is -2.28. The fraction of sp³-hybridized carbons (Fsp3) is 0.154. The molecule has 1 aromatic heterocycles. The van der Waals surface area contributed by atoms with Crippen LogP contribution in [0.25, 0.3) is 0 Å². The van der Waals surface area contributed by atoms with E-state index in [-0.39, 0.29) is 0 Å². The SMILES string of the molecule is O=C(O)C(NCc1cccs1)c1cc(Cl)ccc1Cl. The number of rotatable bonds is 5. The Bertz CT molecular complexity index is 572. The first-order chi connectivity index (χ1) is 9.08. The standard InChI is InChI=1S/C13H11Cl2NO2S/c14-8-3-4-11(15)10(6-8)12(13(17)18)16-7-9-2-1-5-19-9/h1-6,12,16H,7H2,(H,17,18). The molecule has 0 saturated carbocycles. The number of carboxylic acid groups (broad SMARTS) is 1. The van der Waals surface area contributed by atoms with E-state index in [0.29, 0.717) is 22.2 Å². The highest BCUT2D eigenvalue weighted by molar-refractivity contribution is 7.09. The molecule has 0 amide bonds. The Morgan fingerprint density at radius 2 is 2.16 bits per heavy atom. The Morgan fingerprint density at radius 1 is 1.37 bits per heavy atom. The average molecular weight is 316 g/mol. The summed E-state index contributed by atoms with van der Waals surface area (Å²) in [7, 11) is 0. The first kappa shape index (κ1) is 14.3. The van der Waals surface area contributed by atoms with Crippen LogP contribution in [0.2, 0.25) is 10.0 Å². The van der Waals surface area contributed by atoms with Gasteiger partial charge in [-0.3, -0.25) is 10.1 Å². The van der Waals surface area contributed by atoms with Crippen LogP contribution in [0, 0.1) is 0 Å². The van der Waals surface area contributed by atoms with Gasteiger partial charge in [0.15, 0.2) is 0 Å². The number of benzene rings is 1. The molecule has 1 atom stereocenters. The van der Waals surface area contributed by atoms with Crippen molar-refractivity contribution in [3.05, 3.63) is 56.2 Å². The van der Waals surface area contributed by atoms with Crippen LogP contribution in [0.15, 0.2) is 35.7 Å². The van der Waals surface area contributed by atoms with E-state index in [9.17, 15) is 9.90 Å². The number of nitrogens with one attached hydrogen (secondary N) is 1. The van der Waals surface area contributed by atoms with Crippen molar-refractivity contribution in [2.24, 2.45) is 0 Å². The lowest BCUT2D eigenvalue weighted by molar-refractivity contribution is -0.139. The van der Waals surface area contributed by atoms with E-state index in [4.69, 9.17) is 23.2 Å². The molecule has 2 rings (SSSR count). The highest BCUT2D eigenvalue weighted by atomic mass is 35.5. The maximum absolute atomic E-state index is 11.4. The smallest absolute Gasteiger partial charge is 0.325 e. The van der Waals surface area contributed by atoms with E-state index in [1.54, 1.807) is 29.5 Å². The third kappa shape index (κ3) is 3.70. The summed E-state index contributed by atoms with van der Waals surface area (Å²) in [6.45, 7) is 0.470. The van der Waals surface area contributed by atoms with Gasteiger partial charge in [-0.1, -0.05) is 29.3 Å². The van der Waals surface area contributed by atoms with Crippen LogP contribution in [0.3, 0.4) is 0 Å². The van der Waals surface area contributed by atoms with Gasteiger partial charge in [0.2, 0.25) is 0 Å². The molecule has 6 heteroatoms. The molecule has 100 valence electrons. The molecule has 0 aliphatic rings. The second-order valence-electron chi connectivity index (χ2n) is 3.90. The molecule has 2 aromatic rings. The van der Waals surface area contributed by atoms with E-state index >= 15 is 0 Å². The Morgan fingerprint density at radius 3 is 2.79 bits per heavy atom. The number of carboxylic acids is 1. The number of aliphatic carboxylic acids is 1. The lowest BCUT2D eigenvalue weighted by Gasteiger charge is -2.16. The van der Waals surface area contributed by atoms with Crippen LogP contribution < -0.4 is 5.32 Å². The first-order valence-electron chi connectivity index (χ1n) is 5.51. The molecule has 1 aromatic carbocycles. The van der Waals surface area contributed by atoms with Crippen molar-refractivity contribution in [3.8, 4) is 0 Å². The fourth-order valence-corrected chi connectivity index (χ4v) is 2.74. The Kier molecular flexibility index (Phi) is 4.82. The minimum atomic E-state index is -0.985. The van der Waals surface area contributed by atoms with E-state index in [1.807, 2.05) is 17.5 Å². The summed E-state index contributed by atoms with van der Waals surface area (Å²) in [5.41, 5.74) is 0.471. The molecule has 0 bridgehead atoms. The van der Waals surface area contributed by atoms with Gasteiger partial charge in [0.25, 0.3) is 0 Å².